The summed E-state index contributed by atoms with van der Waals surface area (Å²) in [5, 5.41) is 10.4. The third kappa shape index (κ3) is 3.31. The number of likely N-dealkylation sites (N-methyl/N-ethyl adjacent to an activating group) is 1. The lowest BCUT2D eigenvalue weighted by Crippen LogP contribution is -2.46. The van der Waals surface area contributed by atoms with Crippen molar-refractivity contribution in [2.24, 2.45) is 5.41 Å². The largest absolute Gasteiger partial charge is 0.389 e. The third-order valence-electron chi connectivity index (χ3n) is 4.42. The zero-order valence-corrected chi connectivity index (χ0v) is 11.4. The molecule has 0 bridgehead atoms. The molecule has 1 saturated carbocycles. The number of aldehydes is 1. The second kappa shape index (κ2) is 5.68. The Morgan fingerprint density at radius 3 is 2.33 bits per heavy atom. The van der Waals surface area contributed by atoms with E-state index in [2.05, 4.69) is 4.90 Å². The minimum absolute atomic E-state index is 0.262. The highest BCUT2D eigenvalue weighted by Crippen LogP contribution is 2.33. The van der Waals surface area contributed by atoms with Crippen molar-refractivity contribution in [3.8, 4) is 0 Å². The van der Waals surface area contributed by atoms with Crippen molar-refractivity contribution in [1.29, 1.82) is 0 Å². The number of carbonyl (C=O) groups is 1. The minimum atomic E-state index is -0.524. The van der Waals surface area contributed by atoms with Crippen LogP contribution in [0.4, 0.5) is 0 Å². The van der Waals surface area contributed by atoms with Crippen molar-refractivity contribution < 1.29 is 14.6 Å². The number of aliphatic hydroxyl groups is 1. The maximum Gasteiger partial charge on any atom is 0.127 e. The van der Waals surface area contributed by atoms with Crippen LogP contribution in [0.15, 0.2) is 0 Å². The molecule has 0 unspecified atom stereocenters. The Hall–Kier alpha value is -0.450. The van der Waals surface area contributed by atoms with Crippen LogP contribution in [0.5, 0.6) is 0 Å². The van der Waals surface area contributed by atoms with Crippen LogP contribution in [0.3, 0.4) is 0 Å². The molecule has 1 aliphatic heterocycles. The number of nitrogens with zero attached hydrogens (tertiary/aromatic N) is 1. The van der Waals surface area contributed by atoms with Gasteiger partial charge in [0.2, 0.25) is 0 Å². The van der Waals surface area contributed by atoms with E-state index >= 15 is 0 Å². The molecule has 18 heavy (non-hydrogen) atoms. The van der Waals surface area contributed by atoms with Crippen molar-refractivity contribution >= 4 is 6.29 Å². The SMILES string of the molecule is CN(CC1(O)CCCC1)CC1(C=O)CCOCC1. The molecule has 104 valence electrons. The summed E-state index contributed by atoms with van der Waals surface area (Å²) in [6.07, 6.45) is 6.75. The van der Waals surface area contributed by atoms with Gasteiger partial charge in [0.1, 0.15) is 6.29 Å². The lowest BCUT2D eigenvalue weighted by Gasteiger charge is -2.37. The fourth-order valence-electron chi connectivity index (χ4n) is 3.38. The summed E-state index contributed by atoms with van der Waals surface area (Å²) in [5.41, 5.74) is -0.786. The summed E-state index contributed by atoms with van der Waals surface area (Å²) in [6.45, 7) is 2.78. The van der Waals surface area contributed by atoms with Gasteiger partial charge in [-0.3, -0.25) is 0 Å². The van der Waals surface area contributed by atoms with Crippen molar-refractivity contribution in [3.63, 3.8) is 0 Å². The van der Waals surface area contributed by atoms with E-state index in [0.717, 1.165) is 51.4 Å². The summed E-state index contributed by atoms with van der Waals surface area (Å²) in [7, 11) is 2.01. The van der Waals surface area contributed by atoms with E-state index < -0.39 is 5.60 Å². The second-order valence-electron chi connectivity index (χ2n) is 6.20. The number of ether oxygens (including phenoxy) is 1. The van der Waals surface area contributed by atoms with Crippen LogP contribution in [-0.4, -0.2) is 55.2 Å². The summed E-state index contributed by atoms with van der Waals surface area (Å²) < 4.78 is 5.33. The van der Waals surface area contributed by atoms with E-state index in [1.807, 2.05) is 7.05 Å². The molecule has 2 rings (SSSR count). The predicted molar refractivity (Wildman–Crippen MR) is 69.5 cm³/mol. The van der Waals surface area contributed by atoms with Gasteiger partial charge in [-0.2, -0.15) is 0 Å². The average molecular weight is 255 g/mol. The molecule has 0 amide bonds. The van der Waals surface area contributed by atoms with Gasteiger partial charge in [-0.05, 0) is 32.7 Å². The molecule has 0 aromatic rings. The maximum absolute atomic E-state index is 11.4. The lowest BCUT2D eigenvalue weighted by molar-refractivity contribution is -0.123. The Bertz CT molecular complexity index is 281. The predicted octanol–water partition coefficient (Wildman–Crippen LogP) is 1.22. The van der Waals surface area contributed by atoms with Gasteiger partial charge in [0, 0.05) is 31.7 Å². The Labute approximate surface area is 109 Å². The van der Waals surface area contributed by atoms with Gasteiger partial charge in [0.15, 0.2) is 0 Å². The van der Waals surface area contributed by atoms with E-state index in [9.17, 15) is 9.90 Å². The summed E-state index contributed by atoms with van der Waals surface area (Å²) in [5.74, 6) is 0. The number of rotatable bonds is 5. The van der Waals surface area contributed by atoms with Gasteiger partial charge in [-0.1, -0.05) is 12.8 Å². The molecule has 1 N–H and O–H groups in total. The molecule has 2 fully saturated rings. The van der Waals surface area contributed by atoms with Crippen LogP contribution in [0, 0.1) is 5.41 Å². The average Bonchev–Trinajstić information content (AvgIpc) is 2.76. The molecule has 4 heteroatoms. The van der Waals surface area contributed by atoms with Crippen molar-refractivity contribution in [2.45, 2.75) is 44.1 Å². The molecular formula is C14H25NO3. The smallest absolute Gasteiger partial charge is 0.127 e. The van der Waals surface area contributed by atoms with Crippen LogP contribution in [0.1, 0.15) is 38.5 Å². The molecule has 2 aliphatic rings. The second-order valence-corrected chi connectivity index (χ2v) is 6.20. The minimum Gasteiger partial charge on any atom is -0.389 e. The third-order valence-corrected chi connectivity index (χ3v) is 4.42. The van der Waals surface area contributed by atoms with Gasteiger partial charge in [0.05, 0.1) is 5.60 Å². The molecular weight excluding hydrogens is 230 g/mol. The molecule has 4 nitrogen and oxygen atoms in total. The van der Waals surface area contributed by atoms with Crippen LogP contribution < -0.4 is 0 Å². The first-order chi connectivity index (χ1) is 8.58. The first-order valence-electron chi connectivity index (χ1n) is 7.03. The zero-order chi connectivity index (χ0) is 13.1. The molecule has 0 spiro atoms. The quantitative estimate of drug-likeness (QED) is 0.750. The fraction of sp³-hybridized carbons (Fsp3) is 0.929. The standard InChI is InChI=1S/C14H25NO3/c1-15(11-14(17)4-2-3-5-14)10-13(12-16)6-8-18-9-7-13/h12,17H,2-11H2,1H3. The Balaban J connectivity index is 1.88. The topological polar surface area (TPSA) is 49.8 Å². The Morgan fingerprint density at radius 2 is 1.78 bits per heavy atom. The van der Waals surface area contributed by atoms with Crippen molar-refractivity contribution in [3.05, 3.63) is 0 Å². The zero-order valence-electron chi connectivity index (χ0n) is 11.4. The van der Waals surface area contributed by atoms with Gasteiger partial charge in [0.25, 0.3) is 0 Å². The molecule has 0 atom stereocenters. The van der Waals surface area contributed by atoms with Crippen LogP contribution in [-0.2, 0) is 9.53 Å². The highest BCUT2D eigenvalue weighted by Gasteiger charge is 2.37. The first-order valence-corrected chi connectivity index (χ1v) is 7.03. The van der Waals surface area contributed by atoms with Gasteiger partial charge in [-0.25, -0.2) is 0 Å². The van der Waals surface area contributed by atoms with Crippen LogP contribution >= 0.6 is 0 Å². The molecule has 0 radical (unpaired) electrons. The van der Waals surface area contributed by atoms with E-state index in [1.165, 1.54) is 0 Å². The van der Waals surface area contributed by atoms with Crippen LogP contribution in [0.2, 0.25) is 0 Å². The van der Waals surface area contributed by atoms with E-state index in [1.54, 1.807) is 0 Å². The number of carbonyl (C=O) groups excluding carboxylic acids is 1. The highest BCUT2D eigenvalue weighted by atomic mass is 16.5. The lowest BCUT2D eigenvalue weighted by atomic mass is 9.81. The Morgan fingerprint density at radius 1 is 1.17 bits per heavy atom. The normalized spacial score (nSPS) is 26.4. The monoisotopic (exact) mass is 255 g/mol. The summed E-state index contributed by atoms with van der Waals surface area (Å²) in [6, 6.07) is 0. The van der Waals surface area contributed by atoms with Gasteiger partial charge in [-0.15, -0.1) is 0 Å². The molecule has 0 aromatic heterocycles. The Kier molecular flexibility index (Phi) is 4.41. The molecule has 1 aliphatic carbocycles. The summed E-state index contributed by atoms with van der Waals surface area (Å²) >= 11 is 0. The van der Waals surface area contributed by atoms with E-state index in [-0.39, 0.29) is 5.41 Å². The van der Waals surface area contributed by atoms with Gasteiger partial charge >= 0.3 is 0 Å². The van der Waals surface area contributed by atoms with E-state index in [0.29, 0.717) is 19.8 Å². The first kappa shape index (κ1) is 14.0. The van der Waals surface area contributed by atoms with Crippen molar-refractivity contribution in [1.82, 2.24) is 4.90 Å². The maximum atomic E-state index is 11.4. The van der Waals surface area contributed by atoms with Gasteiger partial charge < -0.3 is 19.5 Å². The van der Waals surface area contributed by atoms with Crippen LogP contribution in [0.25, 0.3) is 0 Å². The summed E-state index contributed by atoms with van der Waals surface area (Å²) in [4.78, 5) is 13.5. The number of hydrogen-bond acceptors (Lipinski definition) is 4. The molecule has 1 saturated heterocycles. The molecule has 1 heterocycles. The van der Waals surface area contributed by atoms with E-state index in [4.69, 9.17) is 4.74 Å². The highest BCUT2D eigenvalue weighted by molar-refractivity contribution is 5.60. The molecule has 0 aromatic carbocycles. The van der Waals surface area contributed by atoms with Crippen molar-refractivity contribution in [2.75, 3.05) is 33.4 Å². The number of hydrogen-bond donors (Lipinski definition) is 1. The fourth-order valence-corrected chi connectivity index (χ4v) is 3.38.